The Morgan fingerprint density at radius 2 is 1.75 bits per heavy atom. The fraction of sp³-hybridized carbons (Fsp3) is 0.611. The first kappa shape index (κ1) is 16.7. The molecular formula is C18H28O2. The molecule has 0 saturated heterocycles. The molecule has 1 unspecified atom stereocenters. The number of Topliss-reactive ketones (excluding diaryl/α,β-unsaturated/α-hetero) is 1. The molecule has 0 aliphatic carbocycles. The Morgan fingerprint density at radius 1 is 1.15 bits per heavy atom. The molecule has 0 aliphatic heterocycles. The summed E-state index contributed by atoms with van der Waals surface area (Å²) in [7, 11) is 1.66. The largest absolute Gasteiger partial charge is 0.497 e. The van der Waals surface area contributed by atoms with Crippen molar-refractivity contribution < 1.29 is 9.53 Å². The van der Waals surface area contributed by atoms with Gasteiger partial charge in [-0.2, -0.15) is 0 Å². The zero-order valence-electron chi connectivity index (χ0n) is 13.9. The maximum absolute atomic E-state index is 12.8. The van der Waals surface area contributed by atoms with Crippen LogP contribution in [0.4, 0.5) is 0 Å². The van der Waals surface area contributed by atoms with E-state index in [1.54, 1.807) is 7.11 Å². The molecule has 1 aromatic rings. The third-order valence-corrected chi connectivity index (χ3v) is 3.37. The summed E-state index contributed by atoms with van der Waals surface area (Å²) in [5, 5.41) is 0. The van der Waals surface area contributed by atoms with Crippen LogP contribution >= 0.6 is 0 Å². The molecule has 0 aromatic heterocycles. The molecule has 2 heteroatoms. The summed E-state index contributed by atoms with van der Waals surface area (Å²) in [6.45, 7) is 12.5. The Labute approximate surface area is 123 Å². The van der Waals surface area contributed by atoms with Gasteiger partial charge >= 0.3 is 0 Å². The van der Waals surface area contributed by atoms with Crippen LogP contribution in [-0.2, 0) is 4.79 Å². The second kappa shape index (κ2) is 5.99. The molecule has 112 valence electrons. The van der Waals surface area contributed by atoms with Crippen LogP contribution in [0, 0.1) is 10.8 Å². The van der Waals surface area contributed by atoms with E-state index in [9.17, 15) is 4.79 Å². The van der Waals surface area contributed by atoms with Crippen molar-refractivity contribution in [1.82, 2.24) is 0 Å². The molecule has 0 fully saturated rings. The molecular weight excluding hydrogens is 248 g/mol. The van der Waals surface area contributed by atoms with Crippen LogP contribution < -0.4 is 4.74 Å². The van der Waals surface area contributed by atoms with Gasteiger partial charge < -0.3 is 4.74 Å². The van der Waals surface area contributed by atoms with E-state index in [0.717, 1.165) is 17.7 Å². The van der Waals surface area contributed by atoms with Crippen molar-refractivity contribution >= 4 is 5.78 Å². The van der Waals surface area contributed by atoms with Gasteiger partial charge in [0.05, 0.1) is 7.11 Å². The summed E-state index contributed by atoms with van der Waals surface area (Å²) in [4.78, 5) is 12.8. The predicted molar refractivity (Wildman–Crippen MR) is 84.3 cm³/mol. The summed E-state index contributed by atoms with van der Waals surface area (Å²) in [5.74, 6) is 1.02. The van der Waals surface area contributed by atoms with Gasteiger partial charge in [0.25, 0.3) is 0 Å². The van der Waals surface area contributed by atoms with E-state index < -0.39 is 0 Å². The Kier molecular flexibility index (Phi) is 5.01. The lowest BCUT2D eigenvalue weighted by Crippen LogP contribution is -2.29. The fourth-order valence-electron chi connectivity index (χ4n) is 2.36. The summed E-state index contributed by atoms with van der Waals surface area (Å²) < 4.78 is 5.29. The fourth-order valence-corrected chi connectivity index (χ4v) is 2.36. The molecule has 0 spiro atoms. The number of hydrogen-bond donors (Lipinski definition) is 0. The topological polar surface area (TPSA) is 26.3 Å². The maximum atomic E-state index is 12.8. The van der Waals surface area contributed by atoms with Crippen LogP contribution in [0.15, 0.2) is 24.3 Å². The average molecular weight is 276 g/mol. The van der Waals surface area contributed by atoms with Gasteiger partial charge in [0.15, 0.2) is 0 Å². The van der Waals surface area contributed by atoms with Gasteiger partial charge in [0.2, 0.25) is 0 Å². The SMILES string of the molecule is COc1cccc(C(CC(C)(C)C)C(=O)C(C)(C)C)c1. The Hall–Kier alpha value is -1.31. The number of benzene rings is 1. The Bertz CT molecular complexity index is 461. The molecule has 0 bridgehead atoms. The van der Waals surface area contributed by atoms with Crippen LogP contribution in [0.2, 0.25) is 0 Å². The second-order valence-corrected chi connectivity index (χ2v) is 7.71. The van der Waals surface area contributed by atoms with E-state index in [1.165, 1.54) is 0 Å². The summed E-state index contributed by atoms with van der Waals surface area (Å²) >= 11 is 0. The van der Waals surface area contributed by atoms with Crippen LogP contribution in [0.5, 0.6) is 5.75 Å². The van der Waals surface area contributed by atoms with Gasteiger partial charge in [0.1, 0.15) is 11.5 Å². The van der Waals surface area contributed by atoms with Crippen molar-refractivity contribution in [3.63, 3.8) is 0 Å². The number of ketones is 1. The molecule has 1 rings (SSSR count). The summed E-state index contributed by atoms with van der Waals surface area (Å²) in [6, 6.07) is 7.89. The summed E-state index contributed by atoms with van der Waals surface area (Å²) in [6.07, 6.45) is 0.844. The van der Waals surface area contributed by atoms with E-state index in [0.29, 0.717) is 5.78 Å². The van der Waals surface area contributed by atoms with E-state index in [2.05, 4.69) is 20.8 Å². The monoisotopic (exact) mass is 276 g/mol. The zero-order valence-corrected chi connectivity index (χ0v) is 13.9. The normalized spacial score (nSPS) is 13.9. The minimum Gasteiger partial charge on any atom is -0.497 e. The van der Waals surface area contributed by atoms with Crippen LogP contribution in [0.1, 0.15) is 59.4 Å². The van der Waals surface area contributed by atoms with E-state index >= 15 is 0 Å². The average Bonchev–Trinajstić information content (AvgIpc) is 2.33. The van der Waals surface area contributed by atoms with E-state index in [-0.39, 0.29) is 16.7 Å². The number of carbonyl (C=O) groups is 1. The minimum atomic E-state index is -0.334. The van der Waals surface area contributed by atoms with Gasteiger partial charge in [-0.15, -0.1) is 0 Å². The molecule has 0 saturated carbocycles. The Balaban J connectivity index is 3.19. The number of rotatable bonds is 4. The van der Waals surface area contributed by atoms with Crippen molar-refractivity contribution in [1.29, 1.82) is 0 Å². The molecule has 1 aromatic carbocycles. The molecule has 2 nitrogen and oxygen atoms in total. The second-order valence-electron chi connectivity index (χ2n) is 7.71. The molecule has 20 heavy (non-hydrogen) atoms. The number of carbonyl (C=O) groups excluding carboxylic acids is 1. The maximum Gasteiger partial charge on any atom is 0.145 e. The van der Waals surface area contributed by atoms with Crippen molar-refractivity contribution in [3.05, 3.63) is 29.8 Å². The molecule has 0 N–H and O–H groups in total. The van der Waals surface area contributed by atoms with Crippen molar-refractivity contribution in [2.24, 2.45) is 10.8 Å². The quantitative estimate of drug-likeness (QED) is 0.787. The highest BCUT2D eigenvalue weighted by Crippen LogP contribution is 2.37. The van der Waals surface area contributed by atoms with Crippen molar-refractivity contribution in [2.45, 2.75) is 53.9 Å². The highest BCUT2D eigenvalue weighted by molar-refractivity contribution is 5.90. The number of methoxy groups -OCH3 is 1. The lowest BCUT2D eigenvalue weighted by atomic mass is 9.73. The third kappa shape index (κ3) is 4.66. The highest BCUT2D eigenvalue weighted by Gasteiger charge is 2.33. The summed E-state index contributed by atoms with van der Waals surface area (Å²) in [5.41, 5.74) is 0.826. The van der Waals surface area contributed by atoms with E-state index in [1.807, 2.05) is 45.0 Å². The first-order valence-corrected chi connectivity index (χ1v) is 7.23. The van der Waals surface area contributed by atoms with Gasteiger partial charge in [0, 0.05) is 11.3 Å². The Morgan fingerprint density at radius 3 is 2.20 bits per heavy atom. The van der Waals surface area contributed by atoms with Crippen molar-refractivity contribution in [2.75, 3.05) is 7.11 Å². The van der Waals surface area contributed by atoms with Gasteiger partial charge in [-0.25, -0.2) is 0 Å². The smallest absolute Gasteiger partial charge is 0.145 e. The number of hydrogen-bond acceptors (Lipinski definition) is 2. The minimum absolute atomic E-state index is 0.0786. The first-order valence-electron chi connectivity index (χ1n) is 7.23. The van der Waals surface area contributed by atoms with E-state index in [4.69, 9.17) is 4.74 Å². The molecule has 0 heterocycles. The highest BCUT2D eigenvalue weighted by atomic mass is 16.5. The lowest BCUT2D eigenvalue weighted by molar-refractivity contribution is -0.128. The lowest BCUT2D eigenvalue weighted by Gasteiger charge is -2.30. The van der Waals surface area contributed by atoms with Gasteiger partial charge in [-0.05, 0) is 29.5 Å². The molecule has 0 amide bonds. The van der Waals surface area contributed by atoms with Crippen LogP contribution in [0.3, 0.4) is 0 Å². The third-order valence-electron chi connectivity index (χ3n) is 3.37. The first-order chi connectivity index (χ1) is 9.04. The molecule has 0 aliphatic rings. The van der Waals surface area contributed by atoms with Gasteiger partial charge in [-0.3, -0.25) is 4.79 Å². The molecule has 0 radical (unpaired) electrons. The van der Waals surface area contributed by atoms with Crippen LogP contribution in [-0.4, -0.2) is 12.9 Å². The zero-order chi connectivity index (χ0) is 15.6. The van der Waals surface area contributed by atoms with Crippen LogP contribution in [0.25, 0.3) is 0 Å². The standard InChI is InChI=1S/C18H28O2/c1-17(2,3)12-15(16(19)18(4,5)6)13-9-8-10-14(11-13)20-7/h8-11,15H,12H2,1-7H3. The predicted octanol–water partition coefficient (Wildman–Crippen LogP) is 4.83. The van der Waals surface area contributed by atoms with Crippen molar-refractivity contribution in [3.8, 4) is 5.75 Å². The number of ether oxygens (including phenoxy) is 1. The van der Waals surface area contributed by atoms with Gasteiger partial charge in [-0.1, -0.05) is 53.7 Å². The molecule has 1 atom stereocenters.